The monoisotopic (exact) mass is 346 g/mol. The molecule has 2 aromatic rings. The lowest BCUT2D eigenvalue weighted by Gasteiger charge is -2.29. The lowest BCUT2D eigenvalue weighted by atomic mass is 10.3. The minimum absolute atomic E-state index is 0.159. The standard InChI is InChI=1S/C16H18N4O3S/c1-22-12-4-2-3-5-13(12)23-10-14-17-18-16-20(14)19(8-9-24-16)15(21)11-6-7-11/h2-5,11H,6-10H2,1H3. The van der Waals surface area contributed by atoms with Crippen LogP contribution in [0.5, 0.6) is 11.5 Å². The average Bonchev–Trinajstić information content (AvgIpc) is 3.39. The molecule has 4 rings (SSSR count). The smallest absolute Gasteiger partial charge is 0.244 e. The molecule has 7 nitrogen and oxygen atoms in total. The van der Waals surface area contributed by atoms with Crippen molar-refractivity contribution in [2.75, 3.05) is 24.4 Å². The summed E-state index contributed by atoms with van der Waals surface area (Å²) < 4.78 is 12.9. The number of fused-ring (bicyclic) bond motifs is 1. The van der Waals surface area contributed by atoms with Gasteiger partial charge in [0.15, 0.2) is 17.3 Å². The summed E-state index contributed by atoms with van der Waals surface area (Å²) in [5, 5.41) is 10.9. The molecule has 2 aliphatic rings. The number of methoxy groups -OCH3 is 1. The molecule has 1 aliphatic carbocycles. The number of amides is 1. The SMILES string of the molecule is COc1ccccc1OCc1nnc2n1N(C(=O)C1CC1)CCS2. The van der Waals surface area contributed by atoms with Gasteiger partial charge in [0.2, 0.25) is 11.1 Å². The summed E-state index contributed by atoms with van der Waals surface area (Å²) in [7, 11) is 1.60. The summed E-state index contributed by atoms with van der Waals surface area (Å²) in [5.74, 6) is 3.08. The van der Waals surface area contributed by atoms with Crippen LogP contribution in [0.1, 0.15) is 18.7 Å². The first-order valence-electron chi connectivity index (χ1n) is 7.92. The Labute approximate surface area is 143 Å². The maximum atomic E-state index is 12.5. The van der Waals surface area contributed by atoms with Crippen molar-refractivity contribution in [1.82, 2.24) is 14.9 Å². The number of para-hydroxylation sites is 2. The number of aromatic nitrogens is 3. The fraction of sp³-hybridized carbons (Fsp3) is 0.438. The van der Waals surface area contributed by atoms with Gasteiger partial charge in [0.25, 0.3) is 0 Å². The van der Waals surface area contributed by atoms with Gasteiger partial charge in [-0.25, -0.2) is 9.69 Å². The highest BCUT2D eigenvalue weighted by molar-refractivity contribution is 7.99. The second-order valence-electron chi connectivity index (χ2n) is 5.73. The number of carbonyl (C=O) groups excluding carboxylic acids is 1. The Balaban J connectivity index is 1.56. The molecule has 1 aliphatic heterocycles. The molecule has 1 aromatic carbocycles. The molecular formula is C16H18N4O3S. The minimum atomic E-state index is 0.159. The zero-order valence-electron chi connectivity index (χ0n) is 13.3. The van der Waals surface area contributed by atoms with Crippen molar-refractivity contribution in [3.63, 3.8) is 0 Å². The molecule has 0 atom stereocenters. The quantitative estimate of drug-likeness (QED) is 0.823. The maximum Gasteiger partial charge on any atom is 0.244 e. The van der Waals surface area contributed by atoms with E-state index in [2.05, 4.69) is 10.2 Å². The minimum Gasteiger partial charge on any atom is -0.493 e. The van der Waals surface area contributed by atoms with Crippen molar-refractivity contribution in [1.29, 1.82) is 0 Å². The van der Waals surface area contributed by atoms with Crippen LogP contribution in [0, 0.1) is 5.92 Å². The van der Waals surface area contributed by atoms with E-state index < -0.39 is 0 Å². The van der Waals surface area contributed by atoms with Crippen molar-refractivity contribution in [3.8, 4) is 11.5 Å². The second kappa shape index (κ2) is 6.35. The van der Waals surface area contributed by atoms with Crippen molar-refractivity contribution in [2.24, 2.45) is 5.92 Å². The van der Waals surface area contributed by atoms with Gasteiger partial charge in [-0.3, -0.25) is 4.79 Å². The van der Waals surface area contributed by atoms with Gasteiger partial charge in [-0.1, -0.05) is 23.9 Å². The first-order chi connectivity index (χ1) is 11.8. The summed E-state index contributed by atoms with van der Waals surface area (Å²) in [6.07, 6.45) is 1.96. The number of benzene rings is 1. The van der Waals surface area contributed by atoms with Crippen LogP contribution < -0.4 is 14.5 Å². The van der Waals surface area contributed by atoms with E-state index in [0.29, 0.717) is 23.9 Å². The van der Waals surface area contributed by atoms with E-state index in [0.717, 1.165) is 23.8 Å². The third-order valence-corrected chi connectivity index (χ3v) is 4.96. The molecule has 0 radical (unpaired) electrons. The maximum absolute atomic E-state index is 12.5. The zero-order chi connectivity index (χ0) is 16.5. The summed E-state index contributed by atoms with van der Waals surface area (Å²) in [6, 6.07) is 7.45. The number of hydrogen-bond acceptors (Lipinski definition) is 6. The van der Waals surface area contributed by atoms with E-state index in [-0.39, 0.29) is 18.4 Å². The predicted octanol–water partition coefficient (Wildman–Crippen LogP) is 1.85. The van der Waals surface area contributed by atoms with E-state index in [4.69, 9.17) is 9.47 Å². The molecule has 2 heterocycles. The molecule has 0 unspecified atom stereocenters. The van der Waals surface area contributed by atoms with E-state index in [1.165, 1.54) is 0 Å². The van der Waals surface area contributed by atoms with Gasteiger partial charge in [0.05, 0.1) is 13.7 Å². The third-order valence-electron chi connectivity index (χ3n) is 4.06. The number of hydrogen-bond donors (Lipinski definition) is 0. The molecular weight excluding hydrogens is 328 g/mol. The van der Waals surface area contributed by atoms with Crippen LogP contribution in [0.25, 0.3) is 0 Å². The first kappa shape index (κ1) is 15.3. The van der Waals surface area contributed by atoms with Crippen molar-refractivity contribution in [2.45, 2.75) is 24.6 Å². The molecule has 1 aromatic heterocycles. The zero-order valence-corrected chi connectivity index (χ0v) is 14.2. The van der Waals surface area contributed by atoms with Crippen LogP contribution in [0.2, 0.25) is 0 Å². The van der Waals surface area contributed by atoms with Crippen molar-refractivity contribution < 1.29 is 14.3 Å². The van der Waals surface area contributed by atoms with E-state index in [9.17, 15) is 4.79 Å². The summed E-state index contributed by atoms with van der Waals surface area (Å²) in [4.78, 5) is 12.5. The number of thioether (sulfide) groups is 1. The number of nitrogens with zero attached hydrogens (tertiary/aromatic N) is 4. The highest BCUT2D eigenvalue weighted by atomic mass is 32.2. The normalized spacial score (nSPS) is 16.6. The van der Waals surface area contributed by atoms with Crippen LogP contribution in [-0.2, 0) is 11.4 Å². The van der Waals surface area contributed by atoms with Crippen LogP contribution in [0.4, 0.5) is 0 Å². The summed E-state index contributed by atoms with van der Waals surface area (Å²) >= 11 is 1.61. The molecule has 0 N–H and O–H groups in total. The van der Waals surface area contributed by atoms with Crippen LogP contribution in [0.15, 0.2) is 29.4 Å². The summed E-state index contributed by atoms with van der Waals surface area (Å²) in [5.41, 5.74) is 0. The summed E-state index contributed by atoms with van der Waals surface area (Å²) in [6.45, 7) is 0.898. The lowest BCUT2D eigenvalue weighted by molar-refractivity contribution is -0.121. The van der Waals surface area contributed by atoms with Gasteiger partial charge in [0.1, 0.15) is 6.61 Å². The van der Waals surface area contributed by atoms with Gasteiger partial charge in [-0.2, -0.15) is 0 Å². The highest BCUT2D eigenvalue weighted by Crippen LogP contribution is 2.33. The molecule has 126 valence electrons. The van der Waals surface area contributed by atoms with Crippen molar-refractivity contribution in [3.05, 3.63) is 30.1 Å². The number of carbonyl (C=O) groups is 1. The molecule has 0 bridgehead atoms. The van der Waals surface area contributed by atoms with E-state index in [1.807, 2.05) is 28.9 Å². The molecule has 24 heavy (non-hydrogen) atoms. The Morgan fingerprint density at radius 3 is 2.83 bits per heavy atom. The van der Waals surface area contributed by atoms with Gasteiger partial charge in [-0.15, -0.1) is 10.2 Å². The number of rotatable bonds is 5. The Hall–Kier alpha value is -2.22. The Kier molecular flexibility index (Phi) is 4.05. The van der Waals surface area contributed by atoms with Gasteiger partial charge >= 0.3 is 0 Å². The fourth-order valence-corrected chi connectivity index (χ4v) is 3.54. The van der Waals surface area contributed by atoms with Crippen LogP contribution in [-0.4, -0.2) is 40.2 Å². The fourth-order valence-electron chi connectivity index (χ4n) is 2.67. The Morgan fingerprint density at radius 2 is 2.08 bits per heavy atom. The van der Waals surface area contributed by atoms with Gasteiger partial charge in [-0.05, 0) is 25.0 Å². The topological polar surface area (TPSA) is 69.5 Å². The Morgan fingerprint density at radius 1 is 1.29 bits per heavy atom. The van der Waals surface area contributed by atoms with Gasteiger partial charge in [0, 0.05) is 11.7 Å². The predicted molar refractivity (Wildman–Crippen MR) is 88.9 cm³/mol. The van der Waals surface area contributed by atoms with Crippen molar-refractivity contribution >= 4 is 17.7 Å². The number of ether oxygens (including phenoxy) is 2. The van der Waals surface area contributed by atoms with E-state index in [1.54, 1.807) is 23.9 Å². The first-order valence-corrected chi connectivity index (χ1v) is 8.91. The lowest BCUT2D eigenvalue weighted by Crippen LogP contribution is -2.46. The molecule has 0 saturated heterocycles. The largest absolute Gasteiger partial charge is 0.493 e. The van der Waals surface area contributed by atoms with Gasteiger partial charge < -0.3 is 9.47 Å². The molecule has 1 saturated carbocycles. The molecule has 1 amide bonds. The molecule has 0 spiro atoms. The average molecular weight is 346 g/mol. The second-order valence-corrected chi connectivity index (χ2v) is 6.80. The Bertz CT molecular complexity index is 760. The van der Waals surface area contributed by atoms with Crippen LogP contribution in [0.3, 0.4) is 0 Å². The highest BCUT2D eigenvalue weighted by Gasteiger charge is 2.37. The molecule has 8 heteroatoms. The van der Waals surface area contributed by atoms with Crippen LogP contribution >= 0.6 is 11.8 Å². The van der Waals surface area contributed by atoms with E-state index >= 15 is 0 Å². The molecule has 1 fully saturated rings. The third kappa shape index (κ3) is 2.82.